The molecule has 0 saturated heterocycles. The smallest absolute Gasteiger partial charge is 0.272 e. The molecule has 2 nitrogen and oxygen atoms in total. The number of benzene rings is 2. The van der Waals surface area contributed by atoms with Gasteiger partial charge in [-0.3, -0.25) is 9.36 Å². The molecule has 6 heteroatoms. The fourth-order valence-corrected chi connectivity index (χ4v) is 2.48. The van der Waals surface area contributed by atoms with Crippen LogP contribution in [0.15, 0.2) is 53.3 Å². The lowest BCUT2D eigenvalue weighted by Crippen LogP contribution is -2.26. The van der Waals surface area contributed by atoms with Gasteiger partial charge in [0.15, 0.2) is 0 Å². The second-order valence-corrected chi connectivity index (χ2v) is 5.24. The Hall–Kier alpha value is -2.63. The van der Waals surface area contributed by atoms with E-state index in [0.29, 0.717) is 4.57 Å². The first kappa shape index (κ1) is 15.3. The molecule has 0 aliphatic heterocycles. The van der Waals surface area contributed by atoms with Crippen LogP contribution in [0, 0.1) is 12.7 Å². The molecule has 0 fully saturated rings. The highest BCUT2D eigenvalue weighted by Gasteiger charge is 2.35. The molecule has 0 spiro atoms. The fourth-order valence-electron chi connectivity index (χ4n) is 2.48. The maximum absolute atomic E-state index is 13.4. The SMILES string of the molecule is Cc1ccc2cc(C(F)(F)F)n(-c3ccc(F)cc3)c(=O)c2c1. The summed E-state index contributed by atoms with van der Waals surface area (Å²) in [6, 6.07) is 9.92. The molecule has 23 heavy (non-hydrogen) atoms. The second-order valence-electron chi connectivity index (χ2n) is 5.24. The number of nitrogens with zero attached hydrogens (tertiary/aromatic N) is 1. The van der Waals surface area contributed by atoms with Crippen molar-refractivity contribution in [2.75, 3.05) is 0 Å². The number of pyridine rings is 1. The fraction of sp³-hybridized carbons (Fsp3) is 0.118. The number of fused-ring (bicyclic) bond motifs is 1. The standard InChI is InChI=1S/C17H11F4NO/c1-10-2-3-11-9-15(17(19,20)21)22(16(23)14(11)8-10)13-6-4-12(18)5-7-13/h2-9H,1H3. The summed E-state index contributed by atoms with van der Waals surface area (Å²) in [5, 5.41) is 0.397. The van der Waals surface area contributed by atoms with Crippen molar-refractivity contribution in [2.45, 2.75) is 13.1 Å². The number of hydrogen-bond acceptors (Lipinski definition) is 1. The molecule has 0 amide bonds. The quantitative estimate of drug-likeness (QED) is 0.607. The Morgan fingerprint density at radius 3 is 2.22 bits per heavy atom. The van der Waals surface area contributed by atoms with E-state index < -0.39 is 23.2 Å². The van der Waals surface area contributed by atoms with E-state index in [0.717, 1.165) is 35.9 Å². The molecular formula is C17H11F4NO. The topological polar surface area (TPSA) is 22.0 Å². The van der Waals surface area contributed by atoms with Crippen LogP contribution in [0.2, 0.25) is 0 Å². The van der Waals surface area contributed by atoms with E-state index in [-0.39, 0.29) is 16.5 Å². The summed E-state index contributed by atoms with van der Waals surface area (Å²) in [5.74, 6) is -0.591. The Labute approximate surface area is 128 Å². The number of aryl methyl sites for hydroxylation is 1. The first-order valence-electron chi connectivity index (χ1n) is 6.77. The second kappa shape index (κ2) is 5.22. The maximum Gasteiger partial charge on any atom is 0.431 e. The minimum Gasteiger partial charge on any atom is -0.272 e. The van der Waals surface area contributed by atoms with Gasteiger partial charge in [-0.25, -0.2) is 4.39 Å². The minimum atomic E-state index is -4.72. The molecular weight excluding hydrogens is 310 g/mol. The zero-order valence-electron chi connectivity index (χ0n) is 12.0. The third kappa shape index (κ3) is 2.72. The monoisotopic (exact) mass is 321 g/mol. The Morgan fingerprint density at radius 1 is 0.957 bits per heavy atom. The molecule has 3 aromatic rings. The molecule has 0 bridgehead atoms. The number of hydrogen-bond donors (Lipinski definition) is 0. The lowest BCUT2D eigenvalue weighted by Gasteiger charge is -2.17. The summed E-state index contributed by atoms with van der Waals surface area (Å²) in [6.07, 6.45) is -4.72. The van der Waals surface area contributed by atoms with Crippen LogP contribution in [0.5, 0.6) is 0 Å². The molecule has 1 aromatic heterocycles. The predicted molar refractivity (Wildman–Crippen MR) is 79.2 cm³/mol. The van der Waals surface area contributed by atoms with Gasteiger partial charge in [-0.15, -0.1) is 0 Å². The first-order chi connectivity index (χ1) is 10.8. The Kier molecular flexibility index (Phi) is 3.47. The highest BCUT2D eigenvalue weighted by Crippen LogP contribution is 2.32. The van der Waals surface area contributed by atoms with Gasteiger partial charge in [-0.2, -0.15) is 13.2 Å². The van der Waals surface area contributed by atoms with Crippen LogP contribution in [-0.4, -0.2) is 4.57 Å². The first-order valence-corrected chi connectivity index (χ1v) is 6.77. The Bertz CT molecular complexity index is 940. The van der Waals surface area contributed by atoms with Crippen LogP contribution >= 0.6 is 0 Å². The van der Waals surface area contributed by atoms with Crippen LogP contribution < -0.4 is 5.56 Å². The van der Waals surface area contributed by atoms with Crippen molar-refractivity contribution >= 4 is 10.8 Å². The molecule has 0 saturated carbocycles. The van der Waals surface area contributed by atoms with Crippen molar-refractivity contribution in [1.82, 2.24) is 4.57 Å². The summed E-state index contributed by atoms with van der Waals surface area (Å²) < 4.78 is 53.7. The van der Waals surface area contributed by atoms with Crippen LogP contribution in [-0.2, 0) is 6.18 Å². The van der Waals surface area contributed by atoms with Gasteiger partial charge in [-0.05, 0) is 48.7 Å². The highest BCUT2D eigenvalue weighted by molar-refractivity contribution is 5.83. The normalized spacial score (nSPS) is 11.9. The van der Waals surface area contributed by atoms with E-state index >= 15 is 0 Å². The Balaban J connectivity index is 2.44. The minimum absolute atomic E-state index is 0.0351. The molecule has 0 radical (unpaired) electrons. The van der Waals surface area contributed by atoms with Gasteiger partial charge in [0.2, 0.25) is 0 Å². The molecule has 2 aromatic carbocycles. The van der Waals surface area contributed by atoms with Gasteiger partial charge < -0.3 is 0 Å². The Morgan fingerprint density at radius 2 is 1.61 bits per heavy atom. The lowest BCUT2D eigenvalue weighted by atomic mass is 10.1. The van der Waals surface area contributed by atoms with Crippen LogP contribution in [0.3, 0.4) is 0 Å². The van der Waals surface area contributed by atoms with Crippen LogP contribution in [0.25, 0.3) is 16.5 Å². The third-order valence-corrected chi connectivity index (χ3v) is 3.55. The molecule has 0 aliphatic carbocycles. The van der Waals surface area contributed by atoms with Crippen molar-refractivity contribution in [3.05, 3.63) is 76.0 Å². The summed E-state index contributed by atoms with van der Waals surface area (Å²) in [4.78, 5) is 12.6. The largest absolute Gasteiger partial charge is 0.431 e. The number of halogens is 4. The van der Waals surface area contributed by atoms with Gasteiger partial charge in [-0.1, -0.05) is 17.7 Å². The van der Waals surface area contributed by atoms with E-state index in [9.17, 15) is 22.4 Å². The predicted octanol–water partition coefficient (Wildman–Crippen LogP) is 4.46. The molecule has 0 aliphatic rings. The number of alkyl halides is 3. The van der Waals surface area contributed by atoms with Crippen molar-refractivity contribution in [1.29, 1.82) is 0 Å². The molecule has 1 heterocycles. The maximum atomic E-state index is 13.4. The van der Waals surface area contributed by atoms with Gasteiger partial charge in [0.1, 0.15) is 11.5 Å². The zero-order valence-corrected chi connectivity index (χ0v) is 12.0. The van der Waals surface area contributed by atoms with E-state index in [1.807, 2.05) is 0 Å². The van der Waals surface area contributed by atoms with Crippen molar-refractivity contribution < 1.29 is 17.6 Å². The summed E-state index contributed by atoms with van der Waals surface area (Å²) in [6.45, 7) is 1.75. The van der Waals surface area contributed by atoms with E-state index in [1.54, 1.807) is 13.0 Å². The summed E-state index contributed by atoms with van der Waals surface area (Å²) in [5.41, 5.74) is -1.15. The third-order valence-electron chi connectivity index (χ3n) is 3.55. The van der Waals surface area contributed by atoms with Crippen LogP contribution in [0.4, 0.5) is 17.6 Å². The molecule has 0 unspecified atom stereocenters. The average Bonchev–Trinajstić information content (AvgIpc) is 2.48. The van der Waals surface area contributed by atoms with E-state index in [4.69, 9.17) is 0 Å². The van der Waals surface area contributed by atoms with Gasteiger partial charge in [0.05, 0.1) is 0 Å². The zero-order chi connectivity index (χ0) is 16.8. The van der Waals surface area contributed by atoms with Gasteiger partial charge >= 0.3 is 6.18 Å². The van der Waals surface area contributed by atoms with E-state index in [1.165, 1.54) is 12.1 Å². The lowest BCUT2D eigenvalue weighted by molar-refractivity contribution is -0.142. The highest BCUT2D eigenvalue weighted by atomic mass is 19.4. The summed E-state index contributed by atoms with van der Waals surface area (Å²) in [7, 11) is 0. The van der Waals surface area contributed by atoms with Gasteiger partial charge in [0, 0.05) is 11.1 Å². The van der Waals surface area contributed by atoms with Crippen molar-refractivity contribution in [2.24, 2.45) is 0 Å². The van der Waals surface area contributed by atoms with E-state index in [2.05, 4.69) is 0 Å². The molecule has 3 rings (SSSR count). The molecule has 0 atom stereocenters. The average molecular weight is 321 g/mol. The molecule has 118 valence electrons. The van der Waals surface area contributed by atoms with Crippen molar-refractivity contribution in [3.8, 4) is 5.69 Å². The van der Waals surface area contributed by atoms with Crippen molar-refractivity contribution in [3.63, 3.8) is 0 Å². The van der Waals surface area contributed by atoms with Gasteiger partial charge in [0.25, 0.3) is 5.56 Å². The summed E-state index contributed by atoms with van der Waals surface area (Å²) >= 11 is 0. The molecule has 0 N–H and O–H groups in total. The van der Waals surface area contributed by atoms with Crippen LogP contribution in [0.1, 0.15) is 11.3 Å². The number of aromatic nitrogens is 1. The number of rotatable bonds is 1.